The van der Waals surface area contributed by atoms with Gasteiger partial charge in [-0.25, -0.2) is 13.2 Å². The molecule has 0 saturated heterocycles. The highest BCUT2D eigenvalue weighted by molar-refractivity contribution is 7.89. The molecular formula is C12H19NO6S. The van der Waals surface area contributed by atoms with Crippen LogP contribution >= 0.6 is 0 Å². The number of furan rings is 1. The van der Waals surface area contributed by atoms with Crippen molar-refractivity contribution in [1.29, 1.82) is 0 Å². The summed E-state index contributed by atoms with van der Waals surface area (Å²) in [7, 11) is -3.96. The Morgan fingerprint density at radius 1 is 1.30 bits per heavy atom. The van der Waals surface area contributed by atoms with Gasteiger partial charge in [0.25, 0.3) is 0 Å². The first-order valence-corrected chi connectivity index (χ1v) is 7.65. The molecule has 0 fully saturated rings. The van der Waals surface area contributed by atoms with Crippen molar-refractivity contribution in [1.82, 2.24) is 4.31 Å². The van der Waals surface area contributed by atoms with E-state index in [1.807, 2.05) is 0 Å². The van der Waals surface area contributed by atoms with E-state index in [0.29, 0.717) is 0 Å². The number of aliphatic hydroxyl groups is 1. The van der Waals surface area contributed by atoms with E-state index in [0.717, 1.165) is 4.31 Å². The normalized spacial score (nSPS) is 12.1. The minimum Gasteiger partial charge on any atom is -0.478 e. The maximum atomic E-state index is 12.5. The minimum atomic E-state index is -3.96. The Morgan fingerprint density at radius 2 is 1.90 bits per heavy atom. The fraction of sp³-hybridized carbons (Fsp3) is 0.583. The molecule has 0 bridgehead atoms. The van der Waals surface area contributed by atoms with Crippen molar-refractivity contribution in [2.24, 2.45) is 0 Å². The van der Waals surface area contributed by atoms with E-state index < -0.39 is 16.0 Å². The number of aryl methyl sites for hydroxylation is 2. The first-order valence-electron chi connectivity index (χ1n) is 6.21. The van der Waals surface area contributed by atoms with Crippen LogP contribution in [0.15, 0.2) is 9.31 Å². The predicted molar refractivity (Wildman–Crippen MR) is 71.3 cm³/mol. The number of carbonyl (C=O) groups is 1. The number of carboxylic acids is 1. The molecule has 0 radical (unpaired) electrons. The van der Waals surface area contributed by atoms with Crippen LogP contribution in [0.3, 0.4) is 0 Å². The lowest BCUT2D eigenvalue weighted by atomic mass is 10.2. The molecule has 2 N–H and O–H groups in total. The zero-order valence-corrected chi connectivity index (χ0v) is 12.5. The van der Waals surface area contributed by atoms with Crippen LogP contribution < -0.4 is 0 Å². The fourth-order valence-electron chi connectivity index (χ4n) is 2.05. The molecule has 7 nitrogen and oxygen atoms in total. The molecule has 0 aromatic carbocycles. The fourth-order valence-corrected chi connectivity index (χ4v) is 3.91. The average molecular weight is 305 g/mol. The molecule has 0 atom stereocenters. The molecule has 8 heteroatoms. The summed E-state index contributed by atoms with van der Waals surface area (Å²) in [5, 5.41) is 18.0. The molecule has 0 amide bonds. The summed E-state index contributed by atoms with van der Waals surface area (Å²) in [4.78, 5) is 10.9. The topological polar surface area (TPSA) is 108 Å². The highest BCUT2D eigenvalue weighted by Gasteiger charge is 2.34. The zero-order chi connectivity index (χ0) is 15.5. The van der Waals surface area contributed by atoms with E-state index in [2.05, 4.69) is 0 Å². The van der Waals surface area contributed by atoms with Gasteiger partial charge in [-0.1, -0.05) is 6.92 Å². The lowest BCUT2D eigenvalue weighted by Crippen LogP contribution is -2.33. The van der Waals surface area contributed by atoms with Crippen molar-refractivity contribution < 1.29 is 27.8 Å². The van der Waals surface area contributed by atoms with E-state index in [9.17, 15) is 18.3 Å². The van der Waals surface area contributed by atoms with E-state index in [1.165, 1.54) is 13.8 Å². The van der Waals surface area contributed by atoms with Gasteiger partial charge in [0.1, 0.15) is 22.0 Å². The molecule has 1 aromatic rings. The summed E-state index contributed by atoms with van der Waals surface area (Å²) < 4.78 is 31.4. The minimum absolute atomic E-state index is 0.0577. The van der Waals surface area contributed by atoms with Gasteiger partial charge in [-0.3, -0.25) is 0 Å². The van der Waals surface area contributed by atoms with Crippen molar-refractivity contribution >= 4 is 16.0 Å². The van der Waals surface area contributed by atoms with E-state index in [4.69, 9.17) is 9.52 Å². The molecule has 0 saturated carbocycles. The Bertz CT molecular complexity index is 589. The third-order valence-corrected chi connectivity index (χ3v) is 5.06. The molecule has 20 heavy (non-hydrogen) atoms. The number of carboxylic acid groups (broad SMARTS) is 1. The van der Waals surface area contributed by atoms with E-state index in [-0.39, 0.29) is 48.1 Å². The second kappa shape index (κ2) is 6.38. The third kappa shape index (κ3) is 3.02. The second-order valence-corrected chi connectivity index (χ2v) is 6.17. The number of sulfonamides is 1. The van der Waals surface area contributed by atoms with Crippen molar-refractivity contribution in [2.45, 2.75) is 32.1 Å². The Hall–Kier alpha value is -1.38. The quantitative estimate of drug-likeness (QED) is 0.777. The van der Waals surface area contributed by atoms with E-state index >= 15 is 0 Å². The Morgan fingerprint density at radius 3 is 2.35 bits per heavy atom. The molecule has 1 rings (SSSR count). The van der Waals surface area contributed by atoms with Gasteiger partial charge in [0, 0.05) is 19.7 Å². The van der Waals surface area contributed by atoms with Crippen molar-refractivity contribution in [3.05, 3.63) is 17.1 Å². The molecule has 0 spiro atoms. The zero-order valence-electron chi connectivity index (χ0n) is 11.7. The molecule has 114 valence electrons. The van der Waals surface area contributed by atoms with Gasteiger partial charge < -0.3 is 14.6 Å². The SMILES string of the molecule is CCN(CCCO)S(=O)(=O)c1c(C)oc(C)c1C(=O)O. The third-order valence-electron chi connectivity index (χ3n) is 2.94. The van der Waals surface area contributed by atoms with Crippen LogP contribution in [-0.4, -0.2) is 48.6 Å². The van der Waals surface area contributed by atoms with Gasteiger partial charge in [0.15, 0.2) is 0 Å². The van der Waals surface area contributed by atoms with Crippen LogP contribution in [0.2, 0.25) is 0 Å². The van der Waals surface area contributed by atoms with Crippen LogP contribution in [0.5, 0.6) is 0 Å². The smallest absolute Gasteiger partial charge is 0.340 e. The maximum Gasteiger partial charge on any atom is 0.340 e. The Labute approximate surface area is 117 Å². The van der Waals surface area contributed by atoms with Gasteiger partial charge in [-0.05, 0) is 20.3 Å². The number of aliphatic hydroxyl groups excluding tert-OH is 1. The molecule has 0 aliphatic carbocycles. The van der Waals surface area contributed by atoms with Crippen LogP contribution in [-0.2, 0) is 10.0 Å². The first-order chi connectivity index (χ1) is 9.27. The average Bonchev–Trinajstić information content (AvgIpc) is 2.65. The number of hydrogen-bond donors (Lipinski definition) is 2. The molecular weight excluding hydrogens is 286 g/mol. The second-order valence-electron chi connectivity index (χ2n) is 4.30. The van der Waals surface area contributed by atoms with Crippen molar-refractivity contribution in [2.75, 3.05) is 19.7 Å². The van der Waals surface area contributed by atoms with Crippen LogP contribution in [0.4, 0.5) is 0 Å². The molecule has 0 aliphatic rings. The number of rotatable bonds is 7. The van der Waals surface area contributed by atoms with Crippen molar-refractivity contribution in [3.63, 3.8) is 0 Å². The van der Waals surface area contributed by atoms with Crippen molar-refractivity contribution in [3.8, 4) is 0 Å². The summed E-state index contributed by atoms with van der Waals surface area (Å²) in [5.74, 6) is -1.22. The summed E-state index contributed by atoms with van der Waals surface area (Å²) in [6.45, 7) is 4.66. The summed E-state index contributed by atoms with van der Waals surface area (Å²) in [6, 6.07) is 0. The predicted octanol–water partition coefficient (Wildman–Crippen LogP) is 0.988. The molecule has 1 heterocycles. The molecule has 0 unspecified atom stereocenters. The maximum absolute atomic E-state index is 12.5. The summed E-state index contributed by atoms with van der Waals surface area (Å²) in [6.07, 6.45) is 0.283. The Kier molecular flexibility index (Phi) is 5.32. The summed E-state index contributed by atoms with van der Waals surface area (Å²) >= 11 is 0. The standard InChI is InChI=1S/C12H19NO6S/c1-4-13(6-5-7-14)20(17,18)11-9(3)19-8(2)10(11)12(15)16/h14H,4-7H2,1-3H3,(H,15,16). The largest absolute Gasteiger partial charge is 0.478 e. The van der Waals surface area contributed by atoms with Gasteiger partial charge in [-0.15, -0.1) is 0 Å². The Balaban J connectivity index is 3.38. The van der Waals surface area contributed by atoms with Gasteiger partial charge in [-0.2, -0.15) is 4.31 Å². The monoisotopic (exact) mass is 305 g/mol. The van der Waals surface area contributed by atoms with Gasteiger partial charge in [0.05, 0.1) is 0 Å². The number of hydrogen-bond acceptors (Lipinski definition) is 5. The number of nitrogens with zero attached hydrogens (tertiary/aromatic N) is 1. The van der Waals surface area contributed by atoms with Crippen LogP contribution in [0, 0.1) is 13.8 Å². The van der Waals surface area contributed by atoms with Crippen LogP contribution in [0.1, 0.15) is 35.2 Å². The van der Waals surface area contributed by atoms with E-state index in [1.54, 1.807) is 6.92 Å². The first kappa shape index (κ1) is 16.7. The summed E-state index contributed by atoms with van der Waals surface area (Å²) in [5.41, 5.74) is -0.329. The van der Waals surface area contributed by atoms with Gasteiger partial charge in [0.2, 0.25) is 10.0 Å². The lowest BCUT2D eigenvalue weighted by Gasteiger charge is -2.20. The highest BCUT2D eigenvalue weighted by Crippen LogP contribution is 2.29. The van der Waals surface area contributed by atoms with Gasteiger partial charge >= 0.3 is 5.97 Å². The number of aromatic carboxylic acids is 1. The lowest BCUT2D eigenvalue weighted by molar-refractivity contribution is 0.0691. The van der Waals surface area contributed by atoms with Crippen LogP contribution in [0.25, 0.3) is 0 Å². The molecule has 1 aromatic heterocycles. The molecule has 0 aliphatic heterocycles. The highest BCUT2D eigenvalue weighted by atomic mass is 32.2.